The van der Waals surface area contributed by atoms with Crippen LogP contribution < -0.4 is 0 Å². The molecule has 10 heteroatoms. The van der Waals surface area contributed by atoms with E-state index in [9.17, 15) is 13.2 Å². The van der Waals surface area contributed by atoms with Crippen molar-refractivity contribution in [2.45, 2.75) is 31.2 Å². The lowest BCUT2D eigenvalue weighted by molar-refractivity contribution is 0.0574. The summed E-state index contributed by atoms with van der Waals surface area (Å²) in [6, 6.07) is 20.6. The maximum Gasteiger partial charge on any atom is 0.274 e. The predicted molar refractivity (Wildman–Crippen MR) is 158 cm³/mol. The van der Waals surface area contributed by atoms with E-state index < -0.39 is 9.84 Å². The fourth-order valence-corrected chi connectivity index (χ4v) is 6.65. The van der Waals surface area contributed by atoms with E-state index in [1.54, 1.807) is 28.9 Å². The van der Waals surface area contributed by atoms with Crippen LogP contribution >= 0.6 is 22.9 Å². The number of rotatable bonds is 7. The molecule has 204 valence electrons. The topological polar surface area (TPSA) is 75.5 Å². The van der Waals surface area contributed by atoms with Crippen molar-refractivity contribution in [1.29, 1.82) is 0 Å². The van der Waals surface area contributed by atoms with Crippen molar-refractivity contribution >= 4 is 38.7 Å². The summed E-state index contributed by atoms with van der Waals surface area (Å²) in [5.74, 6) is -0.0940. The first-order valence-electron chi connectivity index (χ1n) is 12.9. The molecule has 5 rings (SSSR count). The molecule has 2 aromatic carbocycles. The summed E-state index contributed by atoms with van der Waals surface area (Å²) in [6.45, 7) is 7.43. The lowest BCUT2D eigenvalue weighted by atomic mass is 10.2. The molecule has 1 saturated heterocycles. The first-order valence-corrected chi connectivity index (χ1v) is 16.0. The van der Waals surface area contributed by atoms with Crippen LogP contribution in [0.5, 0.6) is 0 Å². The number of sulfone groups is 1. The van der Waals surface area contributed by atoms with Crippen molar-refractivity contribution in [2.75, 3.05) is 32.4 Å². The molecule has 0 spiro atoms. The first-order chi connectivity index (χ1) is 18.7. The number of thiophene rings is 1. The molecule has 0 radical (unpaired) electrons. The number of nitrogens with zero attached hydrogens (tertiary/aromatic N) is 4. The highest BCUT2D eigenvalue weighted by molar-refractivity contribution is 7.90. The minimum Gasteiger partial charge on any atom is -0.335 e. The van der Waals surface area contributed by atoms with Crippen LogP contribution in [0.3, 0.4) is 0 Å². The molecule has 1 unspecified atom stereocenters. The summed E-state index contributed by atoms with van der Waals surface area (Å²) in [4.78, 5) is 19.9. The Labute approximate surface area is 238 Å². The van der Waals surface area contributed by atoms with Crippen LogP contribution in [0.1, 0.15) is 30.8 Å². The first kappa shape index (κ1) is 27.6. The predicted octanol–water partition coefficient (Wildman–Crippen LogP) is 5.88. The van der Waals surface area contributed by atoms with Crippen LogP contribution in [0.15, 0.2) is 71.6 Å². The summed E-state index contributed by atoms with van der Waals surface area (Å²) >= 11 is 8.07. The number of carbonyl (C=O) groups excluding carboxylic acids is 1. The highest BCUT2D eigenvalue weighted by Gasteiger charge is 2.27. The van der Waals surface area contributed by atoms with Crippen LogP contribution in [0.25, 0.3) is 26.7 Å². The minimum absolute atomic E-state index is 0.0940. The maximum absolute atomic E-state index is 13.6. The molecule has 1 aliphatic heterocycles. The van der Waals surface area contributed by atoms with E-state index in [1.165, 1.54) is 17.6 Å². The van der Waals surface area contributed by atoms with Crippen LogP contribution in [-0.4, -0.2) is 72.4 Å². The number of amides is 1. The number of aromatic nitrogens is 2. The van der Waals surface area contributed by atoms with Gasteiger partial charge < -0.3 is 4.90 Å². The molecule has 0 aliphatic carbocycles. The van der Waals surface area contributed by atoms with Crippen molar-refractivity contribution in [3.8, 4) is 26.7 Å². The Balaban J connectivity index is 1.50. The smallest absolute Gasteiger partial charge is 0.274 e. The van der Waals surface area contributed by atoms with E-state index in [-0.39, 0.29) is 10.8 Å². The summed E-state index contributed by atoms with van der Waals surface area (Å²) in [5, 5.41) is 5.27. The number of halogens is 1. The third-order valence-corrected chi connectivity index (χ3v) is 9.82. The van der Waals surface area contributed by atoms with E-state index in [4.69, 9.17) is 16.7 Å². The molecule has 0 N–H and O–H groups in total. The number of benzene rings is 2. The quantitative estimate of drug-likeness (QED) is 0.272. The van der Waals surface area contributed by atoms with Crippen molar-refractivity contribution in [3.05, 3.63) is 77.4 Å². The summed E-state index contributed by atoms with van der Waals surface area (Å²) < 4.78 is 25.9. The van der Waals surface area contributed by atoms with Crippen molar-refractivity contribution in [1.82, 2.24) is 19.6 Å². The molecule has 1 amide bonds. The Morgan fingerprint density at radius 1 is 1.00 bits per heavy atom. The van der Waals surface area contributed by atoms with Gasteiger partial charge in [0.15, 0.2) is 15.5 Å². The molecule has 2 aromatic heterocycles. The van der Waals surface area contributed by atoms with Gasteiger partial charge in [-0.25, -0.2) is 13.1 Å². The molecule has 39 heavy (non-hydrogen) atoms. The number of para-hydroxylation sites is 1. The molecule has 1 atom stereocenters. The Kier molecular flexibility index (Phi) is 7.96. The van der Waals surface area contributed by atoms with Crippen molar-refractivity contribution < 1.29 is 13.2 Å². The fraction of sp³-hybridized carbons (Fsp3) is 0.310. The largest absolute Gasteiger partial charge is 0.335 e. The van der Waals surface area contributed by atoms with E-state index in [2.05, 4.69) is 18.7 Å². The van der Waals surface area contributed by atoms with Gasteiger partial charge in [0.25, 0.3) is 5.91 Å². The van der Waals surface area contributed by atoms with Crippen LogP contribution in [0.2, 0.25) is 5.02 Å². The third kappa shape index (κ3) is 5.82. The average molecular weight is 583 g/mol. The standard InChI is InChI=1S/C29H31ClN4O3S2/c1-4-20(2)32-14-16-33(17-15-32)29(35)24-19-26(34(31-24)25-11-6-5-10-23(25)30)28-13-12-27(38-28)21-8-7-9-22(18-21)39(3,36)37/h5-13,18-20H,4,14-17H2,1-3H3. The summed E-state index contributed by atoms with van der Waals surface area (Å²) in [7, 11) is -3.32. The number of carbonyl (C=O) groups is 1. The third-order valence-electron chi connectivity index (χ3n) is 7.23. The van der Waals surface area contributed by atoms with E-state index >= 15 is 0 Å². The van der Waals surface area contributed by atoms with Gasteiger partial charge in [-0.2, -0.15) is 5.10 Å². The van der Waals surface area contributed by atoms with Crippen LogP contribution in [-0.2, 0) is 9.84 Å². The SMILES string of the molecule is CCC(C)N1CCN(C(=O)c2cc(-c3ccc(-c4cccc(S(C)(=O)=O)c4)s3)n(-c3ccccc3Cl)n2)CC1. The summed E-state index contributed by atoms with van der Waals surface area (Å²) in [6.07, 6.45) is 2.29. The molecule has 1 fully saturated rings. The normalized spacial score (nSPS) is 15.4. The molecule has 1 aliphatic rings. The Morgan fingerprint density at radius 3 is 2.41 bits per heavy atom. The van der Waals surface area contributed by atoms with Gasteiger partial charge in [0, 0.05) is 43.4 Å². The zero-order chi connectivity index (χ0) is 27.7. The van der Waals surface area contributed by atoms with E-state index in [1.807, 2.05) is 47.4 Å². The monoisotopic (exact) mass is 582 g/mol. The van der Waals surface area contributed by atoms with Gasteiger partial charge in [-0.15, -0.1) is 11.3 Å². The Morgan fingerprint density at radius 2 is 1.72 bits per heavy atom. The molecule has 0 saturated carbocycles. The van der Waals surface area contributed by atoms with Gasteiger partial charge in [0.2, 0.25) is 0 Å². The highest BCUT2D eigenvalue weighted by atomic mass is 35.5. The second-order valence-corrected chi connectivity index (χ2v) is 13.3. The van der Waals surface area contributed by atoms with Gasteiger partial charge in [-0.3, -0.25) is 9.69 Å². The van der Waals surface area contributed by atoms with Gasteiger partial charge in [-0.1, -0.05) is 42.8 Å². The molecule has 7 nitrogen and oxygen atoms in total. The second-order valence-electron chi connectivity index (χ2n) is 9.83. The van der Waals surface area contributed by atoms with Crippen molar-refractivity contribution in [2.24, 2.45) is 0 Å². The molecular formula is C29H31ClN4O3S2. The van der Waals surface area contributed by atoms with Gasteiger partial charge in [0.1, 0.15) is 0 Å². The summed E-state index contributed by atoms with van der Waals surface area (Å²) in [5.41, 5.74) is 2.62. The minimum atomic E-state index is -3.32. The van der Waals surface area contributed by atoms with Crippen LogP contribution in [0, 0.1) is 0 Å². The van der Waals surface area contributed by atoms with Gasteiger partial charge in [-0.05, 0) is 61.4 Å². The van der Waals surface area contributed by atoms with Crippen molar-refractivity contribution in [3.63, 3.8) is 0 Å². The maximum atomic E-state index is 13.6. The Hall–Kier alpha value is -2.98. The number of hydrogen-bond donors (Lipinski definition) is 0. The zero-order valence-electron chi connectivity index (χ0n) is 22.2. The highest BCUT2D eigenvalue weighted by Crippen LogP contribution is 2.37. The van der Waals surface area contributed by atoms with Gasteiger partial charge >= 0.3 is 0 Å². The number of hydrogen-bond acceptors (Lipinski definition) is 6. The zero-order valence-corrected chi connectivity index (χ0v) is 24.6. The molecule has 0 bridgehead atoms. The lowest BCUT2D eigenvalue weighted by Crippen LogP contribution is -2.51. The molecular weight excluding hydrogens is 552 g/mol. The molecule has 4 aromatic rings. The van der Waals surface area contributed by atoms with Gasteiger partial charge in [0.05, 0.1) is 26.2 Å². The van der Waals surface area contributed by atoms with E-state index in [0.29, 0.717) is 35.5 Å². The average Bonchev–Trinajstić information content (AvgIpc) is 3.60. The lowest BCUT2D eigenvalue weighted by Gasteiger charge is -2.37. The second kappa shape index (κ2) is 11.3. The van der Waals surface area contributed by atoms with E-state index in [0.717, 1.165) is 40.5 Å². The fourth-order valence-electron chi connectivity index (χ4n) is 4.76. The van der Waals surface area contributed by atoms with Crippen LogP contribution in [0.4, 0.5) is 0 Å². The number of piperazine rings is 1. The Bertz CT molecular complexity index is 1600. The molecule has 3 heterocycles.